The predicted molar refractivity (Wildman–Crippen MR) is 121 cm³/mol. The third-order valence-electron chi connectivity index (χ3n) is 5.11. The molecule has 12 heteroatoms. The molecular weight excluding hydrogens is 552 g/mol. The molecule has 1 heterocycles. The van der Waals surface area contributed by atoms with Gasteiger partial charge in [0.1, 0.15) is 11.7 Å². The fourth-order valence-corrected chi connectivity index (χ4v) is 4.74. The molecule has 0 aromatic heterocycles. The van der Waals surface area contributed by atoms with Crippen LogP contribution in [0.5, 0.6) is 0 Å². The molecule has 0 N–H and O–H groups in total. The fraction of sp³-hybridized carbons (Fsp3) is 0.318. The lowest BCUT2D eigenvalue weighted by Gasteiger charge is -2.24. The predicted octanol–water partition coefficient (Wildman–Crippen LogP) is 9.26. The molecule has 1 nitrogen and oxygen atoms in total. The molecule has 0 bridgehead atoms. The van der Waals surface area contributed by atoms with Crippen LogP contribution >= 0.6 is 46.6 Å². The average molecular weight is 566 g/mol. The van der Waals surface area contributed by atoms with Crippen LogP contribution in [0.2, 0.25) is 15.1 Å². The molecule has 1 fully saturated rings. The highest BCUT2D eigenvalue weighted by Crippen LogP contribution is 2.43. The number of Topliss-reactive ketones (excluding diaryl/α,β-unsaturated/α-hetero) is 1. The van der Waals surface area contributed by atoms with E-state index in [0.29, 0.717) is 17.6 Å². The second-order valence-electron chi connectivity index (χ2n) is 7.62. The molecule has 1 aliphatic rings. The number of alkyl halides is 6. The highest BCUT2D eigenvalue weighted by Gasteiger charge is 2.41. The maximum Gasteiger partial charge on any atom is 0.417 e. The Balaban J connectivity index is 2.03. The molecule has 1 aliphatic heterocycles. The minimum atomic E-state index is -5.03. The number of carbonyl (C=O) groups is 1. The van der Waals surface area contributed by atoms with Crippen LogP contribution in [0.25, 0.3) is 5.83 Å². The van der Waals surface area contributed by atoms with Crippen molar-refractivity contribution in [3.63, 3.8) is 0 Å². The summed E-state index contributed by atoms with van der Waals surface area (Å²) in [5, 5.41) is -0.813. The van der Waals surface area contributed by atoms with Crippen molar-refractivity contribution in [2.24, 2.45) is 5.92 Å². The van der Waals surface area contributed by atoms with Gasteiger partial charge in [-0.05, 0) is 47.3 Å². The summed E-state index contributed by atoms with van der Waals surface area (Å²) in [5.41, 5.74) is -3.37. The molecule has 0 spiro atoms. The van der Waals surface area contributed by atoms with E-state index in [1.807, 2.05) is 0 Å². The first-order chi connectivity index (χ1) is 15.7. The van der Waals surface area contributed by atoms with Gasteiger partial charge in [0.05, 0.1) is 20.6 Å². The topological polar surface area (TPSA) is 17.1 Å². The SMILES string of the molecule is O=C(CC1CSC1)c1ccc(/C(F)=C/C(c2cc(Cl)c(Cl)c(Cl)c2)C(F)(F)F)cc1C(F)(F)F. The van der Waals surface area contributed by atoms with Gasteiger partial charge in [-0.25, -0.2) is 4.39 Å². The summed E-state index contributed by atoms with van der Waals surface area (Å²) in [6.07, 6.45) is -10.0. The number of ketones is 1. The van der Waals surface area contributed by atoms with Crippen LogP contribution in [0, 0.1) is 5.92 Å². The van der Waals surface area contributed by atoms with E-state index < -0.39 is 52.1 Å². The smallest absolute Gasteiger partial charge is 0.294 e. The maximum absolute atomic E-state index is 14.9. The molecule has 0 saturated carbocycles. The monoisotopic (exact) mass is 564 g/mol. The van der Waals surface area contributed by atoms with Crippen LogP contribution in [0.15, 0.2) is 36.4 Å². The molecule has 0 aliphatic carbocycles. The summed E-state index contributed by atoms with van der Waals surface area (Å²) >= 11 is 18.9. The molecule has 1 unspecified atom stereocenters. The number of rotatable bonds is 6. The Hall–Kier alpha value is -1.42. The van der Waals surface area contributed by atoms with Gasteiger partial charge in [-0.15, -0.1) is 0 Å². The summed E-state index contributed by atoms with van der Waals surface area (Å²) in [5.74, 6) is -3.64. The number of hydrogen-bond donors (Lipinski definition) is 0. The molecule has 3 rings (SSSR count). The zero-order valence-electron chi connectivity index (χ0n) is 16.8. The highest BCUT2D eigenvalue weighted by atomic mass is 35.5. The van der Waals surface area contributed by atoms with Crippen LogP contribution in [0.3, 0.4) is 0 Å². The second kappa shape index (κ2) is 10.3. The number of carbonyl (C=O) groups excluding carboxylic acids is 1. The van der Waals surface area contributed by atoms with Gasteiger partial charge < -0.3 is 0 Å². The van der Waals surface area contributed by atoms with Crippen molar-refractivity contribution in [3.8, 4) is 0 Å². The minimum absolute atomic E-state index is 0.0412. The Labute approximate surface area is 209 Å². The Bertz CT molecular complexity index is 1100. The van der Waals surface area contributed by atoms with Crippen molar-refractivity contribution in [2.75, 3.05) is 11.5 Å². The lowest BCUT2D eigenvalue weighted by Crippen LogP contribution is -2.23. The van der Waals surface area contributed by atoms with Gasteiger partial charge in [0.15, 0.2) is 5.78 Å². The van der Waals surface area contributed by atoms with E-state index in [-0.39, 0.29) is 33.5 Å². The maximum atomic E-state index is 14.9. The highest BCUT2D eigenvalue weighted by molar-refractivity contribution is 8.00. The molecule has 1 atom stereocenters. The number of thioether (sulfide) groups is 1. The average Bonchev–Trinajstić information content (AvgIpc) is 2.70. The van der Waals surface area contributed by atoms with Gasteiger partial charge in [0.2, 0.25) is 0 Å². The van der Waals surface area contributed by atoms with Crippen LogP contribution in [0.4, 0.5) is 30.7 Å². The first-order valence-electron chi connectivity index (χ1n) is 9.59. The lowest BCUT2D eigenvalue weighted by atomic mass is 9.93. The van der Waals surface area contributed by atoms with E-state index in [4.69, 9.17) is 34.8 Å². The van der Waals surface area contributed by atoms with Crippen molar-refractivity contribution in [3.05, 3.63) is 73.7 Å². The quantitative estimate of drug-likeness (QED) is 0.197. The number of allylic oxidation sites excluding steroid dienone is 1. The van der Waals surface area contributed by atoms with Gasteiger partial charge in [0, 0.05) is 17.5 Å². The molecule has 184 valence electrons. The van der Waals surface area contributed by atoms with Crippen molar-refractivity contribution >= 4 is 58.2 Å². The molecule has 2 aromatic carbocycles. The van der Waals surface area contributed by atoms with E-state index in [2.05, 4.69) is 0 Å². The first-order valence-corrected chi connectivity index (χ1v) is 11.9. The van der Waals surface area contributed by atoms with Gasteiger partial charge in [-0.3, -0.25) is 4.79 Å². The van der Waals surface area contributed by atoms with E-state index >= 15 is 0 Å². The van der Waals surface area contributed by atoms with Crippen LogP contribution in [0.1, 0.15) is 39.4 Å². The zero-order valence-corrected chi connectivity index (χ0v) is 19.9. The summed E-state index contributed by atoms with van der Waals surface area (Å²) in [4.78, 5) is 12.4. The Kier molecular flexibility index (Phi) is 8.22. The van der Waals surface area contributed by atoms with Gasteiger partial charge in [0.25, 0.3) is 0 Å². The van der Waals surface area contributed by atoms with E-state index in [0.717, 1.165) is 24.3 Å². The third kappa shape index (κ3) is 6.22. The van der Waals surface area contributed by atoms with Crippen molar-refractivity contribution in [1.29, 1.82) is 0 Å². The van der Waals surface area contributed by atoms with E-state index in [1.165, 1.54) is 0 Å². The Morgan fingerprint density at radius 3 is 2.09 bits per heavy atom. The van der Waals surface area contributed by atoms with Gasteiger partial charge >= 0.3 is 12.4 Å². The van der Waals surface area contributed by atoms with E-state index in [9.17, 15) is 35.5 Å². The number of hydrogen-bond acceptors (Lipinski definition) is 2. The molecule has 0 amide bonds. The molecular formula is C22H14Cl3F7OS. The van der Waals surface area contributed by atoms with Crippen LogP contribution < -0.4 is 0 Å². The standard InChI is InChI=1S/C22H14Cl3F7OS/c23-16-5-12(6-17(24)20(16)25)14(21(27,28)29)7-18(26)11-1-2-13(15(4-11)22(30,31)32)19(33)3-10-8-34-9-10/h1-2,4-7,10,14H,3,8-9H2/b18-7-. The van der Waals surface area contributed by atoms with Crippen molar-refractivity contribution < 1.29 is 35.5 Å². The Morgan fingerprint density at radius 2 is 1.62 bits per heavy atom. The fourth-order valence-electron chi connectivity index (χ4n) is 3.32. The van der Waals surface area contributed by atoms with Crippen LogP contribution in [-0.2, 0) is 6.18 Å². The van der Waals surface area contributed by atoms with Gasteiger partial charge in [-0.2, -0.15) is 38.1 Å². The molecule has 2 aromatic rings. The number of benzene rings is 2. The largest absolute Gasteiger partial charge is 0.417 e. The normalized spacial score (nSPS) is 16.4. The Morgan fingerprint density at radius 1 is 1.03 bits per heavy atom. The minimum Gasteiger partial charge on any atom is -0.294 e. The summed E-state index contributed by atoms with van der Waals surface area (Å²) in [7, 11) is 0. The zero-order chi connectivity index (χ0) is 25.4. The first kappa shape index (κ1) is 27.2. The molecule has 1 saturated heterocycles. The van der Waals surface area contributed by atoms with Crippen LogP contribution in [-0.4, -0.2) is 23.5 Å². The number of halogens is 10. The lowest BCUT2D eigenvalue weighted by molar-refractivity contribution is -0.140. The summed E-state index contributed by atoms with van der Waals surface area (Å²) < 4.78 is 96.8. The van der Waals surface area contributed by atoms with Crippen molar-refractivity contribution in [1.82, 2.24) is 0 Å². The summed E-state index contributed by atoms with van der Waals surface area (Å²) in [6, 6.07) is 3.67. The third-order valence-corrected chi connectivity index (χ3v) is 7.72. The second-order valence-corrected chi connectivity index (χ2v) is 9.89. The molecule has 0 radical (unpaired) electrons. The molecule has 34 heavy (non-hydrogen) atoms. The summed E-state index contributed by atoms with van der Waals surface area (Å²) in [6.45, 7) is 0. The van der Waals surface area contributed by atoms with Crippen molar-refractivity contribution in [2.45, 2.75) is 24.7 Å². The van der Waals surface area contributed by atoms with E-state index in [1.54, 1.807) is 11.8 Å². The van der Waals surface area contributed by atoms with Gasteiger partial charge in [-0.1, -0.05) is 46.9 Å².